The first-order valence-electron chi connectivity index (χ1n) is 4.85. The molecule has 0 fully saturated rings. The molecule has 1 N–H and O–H groups in total. The molecule has 0 aliphatic rings. The highest BCUT2D eigenvalue weighted by Crippen LogP contribution is 2.27. The van der Waals surface area contributed by atoms with Crippen molar-refractivity contribution in [3.8, 4) is 0 Å². The van der Waals surface area contributed by atoms with Gasteiger partial charge in [-0.15, -0.1) is 11.3 Å². The summed E-state index contributed by atoms with van der Waals surface area (Å²) in [6.45, 7) is 0. The zero-order valence-electron chi connectivity index (χ0n) is 8.96. The highest BCUT2D eigenvalue weighted by Gasteiger charge is 2.16. The molecule has 0 saturated heterocycles. The molecule has 0 saturated carbocycles. The van der Waals surface area contributed by atoms with E-state index in [0.717, 1.165) is 11.3 Å². The van der Waals surface area contributed by atoms with E-state index in [1.54, 1.807) is 18.2 Å². The van der Waals surface area contributed by atoms with Crippen LogP contribution in [0.5, 0.6) is 0 Å². The zero-order valence-corrected chi connectivity index (χ0v) is 11.3. The number of rotatable bonds is 4. The maximum atomic E-state index is 12.0. The monoisotopic (exact) mass is 301 g/mol. The van der Waals surface area contributed by atoms with Crippen LogP contribution in [-0.4, -0.2) is 14.7 Å². The van der Waals surface area contributed by atoms with Gasteiger partial charge in [0, 0.05) is 11.3 Å². The van der Waals surface area contributed by atoms with Gasteiger partial charge in [0.2, 0.25) is 0 Å². The first-order valence-corrected chi connectivity index (χ1v) is 7.52. The van der Waals surface area contributed by atoms with Gasteiger partial charge in [-0.1, -0.05) is 23.7 Å². The van der Waals surface area contributed by atoms with E-state index in [9.17, 15) is 13.2 Å². The van der Waals surface area contributed by atoms with Crippen molar-refractivity contribution in [2.24, 2.45) is 0 Å². The Kier molecular flexibility index (Phi) is 3.70. The Morgan fingerprint density at radius 1 is 1.22 bits per heavy atom. The Balaban J connectivity index is 2.30. The summed E-state index contributed by atoms with van der Waals surface area (Å²) >= 11 is 6.67. The van der Waals surface area contributed by atoms with Gasteiger partial charge in [0.25, 0.3) is 10.0 Å². The summed E-state index contributed by atoms with van der Waals surface area (Å²) in [7, 11) is -3.65. The molecule has 0 aliphatic heterocycles. The summed E-state index contributed by atoms with van der Waals surface area (Å²) in [4.78, 5) is 10.6. The predicted octanol–water partition coefficient (Wildman–Crippen LogP) is 3.01. The van der Waals surface area contributed by atoms with E-state index >= 15 is 0 Å². The molecule has 0 atom stereocenters. The molecule has 0 spiro atoms. The highest BCUT2D eigenvalue weighted by atomic mass is 35.5. The SMILES string of the molecule is O=Cc1cccc(NS(=O)(=O)c2ccc(Cl)s2)c1. The molecule has 1 aromatic heterocycles. The summed E-state index contributed by atoms with van der Waals surface area (Å²) in [5.41, 5.74) is 0.739. The summed E-state index contributed by atoms with van der Waals surface area (Å²) in [5, 5.41) is 0. The molecule has 1 aromatic carbocycles. The van der Waals surface area contributed by atoms with E-state index in [1.165, 1.54) is 18.2 Å². The van der Waals surface area contributed by atoms with Crippen LogP contribution in [0.15, 0.2) is 40.6 Å². The van der Waals surface area contributed by atoms with E-state index in [-0.39, 0.29) is 4.21 Å². The van der Waals surface area contributed by atoms with Crippen molar-refractivity contribution in [3.05, 3.63) is 46.3 Å². The fourth-order valence-corrected chi connectivity index (χ4v) is 3.86. The van der Waals surface area contributed by atoms with Crippen molar-refractivity contribution in [1.82, 2.24) is 0 Å². The summed E-state index contributed by atoms with van der Waals surface area (Å²) in [5.74, 6) is 0. The molecule has 0 unspecified atom stereocenters. The fourth-order valence-electron chi connectivity index (χ4n) is 1.32. The number of hydrogen-bond acceptors (Lipinski definition) is 4. The lowest BCUT2D eigenvalue weighted by atomic mass is 10.2. The van der Waals surface area contributed by atoms with Gasteiger partial charge in [0.15, 0.2) is 0 Å². The number of sulfonamides is 1. The van der Waals surface area contributed by atoms with Crippen molar-refractivity contribution in [1.29, 1.82) is 0 Å². The number of carbonyl (C=O) groups excluding carboxylic acids is 1. The molecular weight excluding hydrogens is 294 g/mol. The van der Waals surface area contributed by atoms with Crippen molar-refractivity contribution in [3.63, 3.8) is 0 Å². The summed E-state index contributed by atoms with van der Waals surface area (Å²) < 4.78 is 26.9. The molecule has 7 heteroatoms. The second kappa shape index (κ2) is 5.09. The number of thiophene rings is 1. The minimum absolute atomic E-state index is 0.129. The second-order valence-electron chi connectivity index (χ2n) is 3.41. The van der Waals surface area contributed by atoms with E-state index in [1.807, 2.05) is 0 Å². The average molecular weight is 302 g/mol. The van der Waals surface area contributed by atoms with Crippen molar-refractivity contribution in [2.75, 3.05) is 4.72 Å². The normalized spacial score (nSPS) is 11.2. The molecule has 1 heterocycles. The van der Waals surface area contributed by atoms with Gasteiger partial charge in [-0.25, -0.2) is 8.42 Å². The van der Waals surface area contributed by atoms with Crippen molar-refractivity contribution >= 4 is 44.9 Å². The van der Waals surface area contributed by atoms with E-state index in [4.69, 9.17) is 11.6 Å². The molecule has 94 valence electrons. The lowest BCUT2D eigenvalue weighted by Crippen LogP contribution is -2.11. The van der Waals surface area contributed by atoms with E-state index in [0.29, 0.717) is 21.9 Å². The minimum Gasteiger partial charge on any atom is -0.298 e. The van der Waals surface area contributed by atoms with Crippen molar-refractivity contribution in [2.45, 2.75) is 4.21 Å². The van der Waals surface area contributed by atoms with Crippen LogP contribution in [0, 0.1) is 0 Å². The molecule has 0 bridgehead atoms. The third kappa shape index (κ3) is 2.90. The molecule has 0 amide bonds. The van der Waals surface area contributed by atoms with Gasteiger partial charge < -0.3 is 0 Å². The second-order valence-corrected chi connectivity index (χ2v) is 7.03. The number of anilines is 1. The van der Waals surface area contributed by atoms with Gasteiger partial charge in [-0.05, 0) is 24.3 Å². The number of nitrogens with one attached hydrogen (secondary N) is 1. The van der Waals surface area contributed by atoms with Crippen LogP contribution < -0.4 is 4.72 Å². The standard InChI is InChI=1S/C11H8ClNO3S2/c12-10-4-5-11(17-10)18(15,16)13-9-3-1-2-8(6-9)7-14/h1-7,13H. The third-order valence-electron chi connectivity index (χ3n) is 2.09. The van der Waals surface area contributed by atoms with Gasteiger partial charge in [0.1, 0.15) is 10.5 Å². The number of carbonyl (C=O) groups is 1. The topological polar surface area (TPSA) is 63.2 Å². The predicted molar refractivity (Wildman–Crippen MR) is 72.0 cm³/mol. The lowest BCUT2D eigenvalue weighted by Gasteiger charge is -2.06. The van der Waals surface area contributed by atoms with E-state index < -0.39 is 10.0 Å². The molecule has 2 rings (SSSR count). The Hall–Kier alpha value is -1.37. The van der Waals surface area contributed by atoms with Gasteiger partial charge in [-0.3, -0.25) is 9.52 Å². The Morgan fingerprint density at radius 3 is 2.61 bits per heavy atom. The quantitative estimate of drug-likeness (QED) is 0.883. The lowest BCUT2D eigenvalue weighted by molar-refractivity contribution is 0.112. The molecular formula is C11H8ClNO3S2. The molecule has 2 aromatic rings. The molecule has 0 radical (unpaired) electrons. The van der Waals surface area contributed by atoms with Crippen LogP contribution in [0.25, 0.3) is 0 Å². The first kappa shape index (κ1) is 13.1. The van der Waals surface area contributed by atoms with Gasteiger partial charge in [0.05, 0.1) is 4.34 Å². The fraction of sp³-hybridized carbons (Fsp3) is 0. The van der Waals surface area contributed by atoms with Gasteiger partial charge >= 0.3 is 0 Å². The Morgan fingerprint density at radius 2 is 2.00 bits per heavy atom. The summed E-state index contributed by atoms with van der Waals surface area (Å²) in [6.07, 6.45) is 0.653. The maximum Gasteiger partial charge on any atom is 0.271 e. The number of halogens is 1. The van der Waals surface area contributed by atoms with Crippen LogP contribution >= 0.6 is 22.9 Å². The number of hydrogen-bond donors (Lipinski definition) is 1. The average Bonchev–Trinajstić information content (AvgIpc) is 2.76. The molecule has 0 aliphatic carbocycles. The van der Waals surface area contributed by atoms with Gasteiger partial charge in [-0.2, -0.15) is 0 Å². The van der Waals surface area contributed by atoms with Crippen LogP contribution in [0.1, 0.15) is 10.4 Å². The van der Waals surface area contributed by atoms with Crippen LogP contribution in [0.2, 0.25) is 4.34 Å². The smallest absolute Gasteiger partial charge is 0.271 e. The highest BCUT2D eigenvalue weighted by molar-refractivity contribution is 7.94. The Bertz CT molecular complexity index is 679. The zero-order chi connectivity index (χ0) is 13.2. The Labute approximate surface area is 113 Å². The minimum atomic E-state index is -3.65. The van der Waals surface area contributed by atoms with Crippen LogP contribution in [0.3, 0.4) is 0 Å². The molecule has 4 nitrogen and oxygen atoms in total. The summed E-state index contributed by atoms with van der Waals surface area (Å²) in [6, 6.07) is 9.16. The largest absolute Gasteiger partial charge is 0.298 e. The third-order valence-corrected chi connectivity index (χ3v) is 5.19. The van der Waals surface area contributed by atoms with Crippen molar-refractivity contribution < 1.29 is 13.2 Å². The molecule has 18 heavy (non-hydrogen) atoms. The first-order chi connectivity index (χ1) is 8.51. The van der Waals surface area contributed by atoms with E-state index in [2.05, 4.69) is 4.72 Å². The number of benzene rings is 1. The number of aldehydes is 1. The maximum absolute atomic E-state index is 12.0. The van der Waals surface area contributed by atoms with Crippen LogP contribution in [-0.2, 0) is 10.0 Å². The van der Waals surface area contributed by atoms with Crippen LogP contribution in [0.4, 0.5) is 5.69 Å².